The number of quaternary nitrogens is 2. The molecule has 0 heterocycles. The average Bonchev–Trinajstić information content (AvgIpc) is 1.87. The van der Waals surface area contributed by atoms with Gasteiger partial charge in [0.05, 0.1) is 7.11 Å². The van der Waals surface area contributed by atoms with Crippen molar-refractivity contribution in [2.75, 3.05) is 14.2 Å². The molecule has 2 unspecified atom stereocenters. The van der Waals surface area contributed by atoms with E-state index >= 15 is 0 Å². The molecule has 0 saturated carbocycles. The first-order chi connectivity index (χ1) is 4.22. The molecule has 0 bridgehead atoms. The second-order valence-electron chi connectivity index (χ2n) is 1.03. The monoisotopic (exact) mass is 140 g/mol. The van der Waals surface area contributed by atoms with Gasteiger partial charge in [0, 0.05) is 4.99 Å². The lowest BCUT2D eigenvalue weighted by atomic mass is 11.7. The Morgan fingerprint density at radius 2 is 1.67 bits per heavy atom. The maximum absolute atomic E-state index is 10.2. The molecular weight excluding hydrogens is 132 g/mol. The van der Waals surface area contributed by atoms with Gasteiger partial charge < -0.3 is 10.4 Å². The topological polar surface area (TPSA) is 82.7 Å². The fraction of sp³-hybridized carbons (Fsp3) is 1.00. The van der Waals surface area contributed by atoms with Crippen LogP contribution in [0.1, 0.15) is 0 Å². The van der Waals surface area contributed by atoms with Gasteiger partial charge >= 0.3 is 0 Å². The van der Waals surface area contributed by atoms with Crippen molar-refractivity contribution in [2.24, 2.45) is 0 Å². The molecule has 0 saturated heterocycles. The highest BCUT2D eigenvalue weighted by molar-refractivity contribution is 3.81. The van der Waals surface area contributed by atoms with E-state index < -0.39 is 10.7 Å². The molecule has 0 aromatic carbocycles. The van der Waals surface area contributed by atoms with E-state index in [1.165, 1.54) is 0 Å². The summed E-state index contributed by atoms with van der Waals surface area (Å²) >= 11 is 0. The Kier molecular flexibility index (Phi) is 4.44. The van der Waals surface area contributed by atoms with Crippen molar-refractivity contribution in [1.29, 1.82) is 0 Å². The zero-order valence-electron chi connectivity index (χ0n) is 5.04. The summed E-state index contributed by atoms with van der Waals surface area (Å²) in [6, 6.07) is 0. The lowest BCUT2D eigenvalue weighted by molar-refractivity contribution is -1.62. The van der Waals surface area contributed by atoms with E-state index in [-0.39, 0.29) is 0 Å². The molecule has 2 atom stereocenters. The van der Waals surface area contributed by atoms with Crippen molar-refractivity contribution in [3.05, 3.63) is 10.4 Å². The van der Waals surface area contributed by atoms with Gasteiger partial charge in [0.2, 0.25) is 0 Å². The minimum Gasteiger partial charge on any atom is -0.546 e. The second-order valence-corrected chi connectivity index (χ2v) is 1.03. The summed E-state index contributed by atoms with van der Waals surface area (Å²) in [6.07, 6.45) is 0. The molecular formula is C2H8N2O5. The minimum atomic E-state index is -1.17. The van der Waals surface area contributed by atoms with Crippen LogP contribution in [0.4, 0.5) is 0 Å². The third-order valence-corrected chi connectivity index (χ3v) is 0.511. The highest BCUT2D eigenvalue weighted by Gasteiger charge is 2.03. The van der Waals surface area contributed by atoms with E-state index in [2.05, 4.69) is 14.7 Å². The molecule has 0 aromatic heterocycles. The molecule has 0 aliphatic heterocycles. The van der Waals surface area contributed by atoms with Crippen molar-refractivity contribution in [3.63, 3.8) is 0 Å². The smallest absolute Gasteiger partial charge is 0.103 e. The zero-order valence-corrected chi connectivity index (χ0v) is 5.04. The van der Waals surface area contributed by atoms with Gasteiger partial charge in [-0.3, -0.25) is 0 Å². The number of nitrogens with one attached hydrogen (secondary N) is 2. The van der Waals surface area contributed by atoms with Gasteiger partial charge in [-0.1, -0.05) is 0 Å². The fourth-order valence-electron chi connectivity index (χ4n) is 0.193. The first-order valence-corrected chi connectivity index (χ1v) is 2.05. The van der Waals surface area contributed by atoms with Gasteiger partial charge in [-0.15, -0.1) is 0 Å². The van der Waals surface area contributed by atoms with Gasteiger partial charge in [0.15, 0.2) is 0 Å². The molecule has 0 rings (SSSR count). The van der Waals surface area contributed by atoms with Gasteiger partial charge in [-0.25, -0.2) is 0 Å². The molecule has 0 spiro atoms. The van der Waals surface area contributed by atoms with E-state index in [1.54, 1.807) is 0 Å². The van der Waals surface area contributed by atoms with Crippen LogP contribution in [0.15, 0.2) is 0 Å². The summed E-state index contributed by atoms with van der Waals surface area (Å²) in [7, 11) is 2.18. The third kappa shape index (κ3) is 3.32. The van der Waals surface area contributed by atoms with Crippen LogP contribution in [0, 0.1) is 10.4 Å². The SMILES string of the molecule is COO[NH+]([O-])[NH+]([O-])OC. The van der Waals surface area contributed by atoms with E-state index in [9.17, 15) is 10.4 Å². The molecule has 0 amide bonds. The van der Waals surface area contributed by atoms with Crippen molar-refractivity contribution < 1.29 is 25.4 Å². The maximum Gasteiger partial charge on any atom is 0.103 e. The standard InChI is InChI=1S/C2H8N2O5/c1-7-3(5)4(6)9-8-2/h3-4H,1-2H3. The largest absolute Gasteiger partial charge is 0.546 e. The summed E-state index contributed by atoms with van der Waals surface area (Å²) in [6.45, 7) is 0. The Hall–Kier alpha value is -0.280. The first-order valence-electron chi connectivity index (χ1n) is 2.05. The predicted molar refractivity (Wildman–Crippen MR) is 23.8 cm³/mol. The van der Waals surface area contributed by atoms with Crippen molar-refractivity contribution in [2.45, 2.75) is 0 Å². The Labute approximate surface area is 51.3 Å². The summed E-state index contributed by atoms with van der Waals surface area (Å²) in [5.41, 5.74) is 0. The predicted octanol–water partition coefficient (Wildman–Crippen LogP) is -3.28. The van der Waals surface area contributed by atoms with Crippen LogP contribution < -0.4 is 10.7 Å². The quantitative estimate of drug-likeness (QED) is 0.316. The van der Waals surface area contributed by atoms with E-state index in [0.717, 1.165) is 14.2 Å². The molecule has 7 nitrogen and oxygen atoms in total. The van der Waals surface area contributed by atoms with Crippen LogP contribution in [0.5, 0.6) is 0 Å². The first kappa shape index (κ1) is 8.72. The number of hydrogen-bond acceptors (Lipinski definition) is 5. The van der Waals surface area contributed by atoms with E-state index in [4.69, 9.17) is 0 Å². The summed E-state index contributed by atoms with van der Waals surface area (Å²) in [5, 5.41) is 18.0. The maximum atomic E-state index is 10.2. The highest BCUT2D eigenvalue weighted by atomic mass is 17.4. The third-order valence-electron chi connectivity index (χ3n) is 0.511. The Bertz CT molecular complexity index is 70.0. The lowest BCUT2D eigenvalue weighted by Crippen LogP contribution is -3.54. The molecule has 0 fully saturated rings. The van der Waals surface area contributed by atoms with Gasteiger partial charge in [-0.2, -0.15) is 9.73 Å². The van der Waals surface area contributed by atoms with Crippen molar-refractivity contribution in [1.82, 2.24) is 0 Å². The average molecular weight is 140 g/mol. The molecule has 2 N–H and O–H groups in total. The molecule has 7 heteroatoms. The minimum absolute atomic E-state index is 1.07. The van der Waals surface area contributed by atoms with Gasteiger partial charge in [0.25, 0.3) is 0 Å². The number of hydrogen-bond donors (Lipinski definition) is 2. The molecule has 56 valence electrons. The molecule has 0 aliphatic rings. The summed E-state index contributed by atoms with van der Waals surface area (Å²) < 4.78 is 0. The van der Waals surface area contributed by atoms with E-state index in [0.29, 0.717) is 0 Å². The van der Waals surface area contributed by atoms with Crippen molar-refractivity contribution >= 4 is 0 Å². The van der Waals surface area contributed by atoms with Crippen LogP contribution in [-0.2, 0) is 14.7 Å². The molecule has 0 aliphatic carbocycles. The Balaban J connectivity index is 3.32. The van der Waals surface area contributed by atoms with Crippen molar-refractivity contribution in [3.8, 4) is 0 Å². The van der Waals surface area contributed by atoms with Crippen LogP contribution in [-0.4, -0.2) is 14.2 Å². The molecule has 0 aromatic rings. The Morgan fingerprint density at radius 1 is 1.11 bits per heavy atom. The number of rotatable bonds is 4. The normalized spacial score (nSPS) is 17.3. The van der Waals surface area contributed by atoms with E-state index in [1.807, 2.05) is 0 Å². The van der Waals surface area contributed by atoms with Crippen LogP contribution in [0.2, 0.25) is 0 Å². The molecule has 9 heavy (non-hydrogen) atoms. The summed E-state index contributed by atoms with van der Waals surface area (Å²) in [4.78, 5) is 11.6. The highest BCUT2D eigenvalue weighted by Crippen LogP contribution is 1.47. The van der Waals surface area contributed by atoms with Crippen LogP contribution in [0.3, 0.4) is 0 Å². The van der Waals surface area contributed by atoms with Gasteiger partial charge in [0.1, 0.15) is 7.11 Å². The van der Waals surface area contributed by atoms with Crippen LogP contribution in [0.25, 0.3) is 0 Å². The van der Waals surface area contributed by atoms with Crippen LogP contribution >= 0.6 is 0 Å². The zero-order chi connectivity index (χ0) is 7.28. The second kappa shape index (κ2) is 4.58. The fourth-order valence-corrected chi connectivity index (χ4v) is 0.193. The molecule has 0 radical (unpaired) electrons. The van der Waals surface area contributed by atoms with Gasteiger partial charge in [-0.05, 0) is 10.7 Å². The lowest BCUT2D eigenvalue weighted by Gasteiger charge is -2.23. The Morgan fingerprint density at radius 3 is 2.00 bits per heavy atom. The summed E-state index contributed by atoms with van der Waals surface area (Å²) in [5.74, 6) is 0.